The van der Waals surface area contributed by atoms with Crippen molar-refractivity contribution in [3.8, 4) is 28.5 Å². The third kappa shape index (κ3) is 2.97. The van der Waals surface area contributed by atoms with Crippen molar-refractivity contribution in [2.45, 2.75) is 0 Å². The van der Waals surface area contributed by atoms with Crippen LogP contribution in [0, 0.1) is 0 Å². The Morgan fingerprint density at radius 3 is 1.50 bits per heavy atom. The highest BCUT2D eigenvalue weighted by Gasteiger charge is 2.16. The Morgan fingerprint density at radius 2 is 1.08 bits per heavy atom. The monoisotopic (exact) mass is 340 g/mol. The summed E-state index contributed by atoms with van der Waals surface area (Å²) in [4.78, 5) is 2.09. The van der Waals surface area contributed by atoms with Crippen LogP contribution in [0.1, 0.15) is 0 Å². The van der Waals surface area contributed by atoms with Gasteiger partial charge in [0.05, 0.1) is 0 Å². The Kier molecular flexibility index (Phi) is 4.23. The summed E-state index contributed by atoms with van der Waals surface area (Å²) < 4.78 is 2.12. The van der Waals surface area contributed by atoms with Crippen LogP contribution in [-0.2, 0) is 0 Å². The minimum atomic E-state index is 0.835. The van der Waals surface area contributed by atoms with Gasteiger partial charge in [-0.2, -0.15) is 0 Å². The van der Waals surface area contributed by atoms with Gasteiger partial charge in [0.1, 0.15) is 0 Å². The van der Waals surface area contributed by atoms with Crippen LogP contribution in [-0.4, -0.2) is 28.9 Å². The van der Waals surface area contributed by atoms with Gasteiger partial charge in [-0.3, -0.25) is 4.57 Å². The first-order chi connectivity index (χ1) is 12.7. The van der Waals surface area contributed by atoms with Crippen molar-refractivity contribution in [2.24, 2.45) is 0 Å². The van der Waals surface area contributed by atoms with E-state index in [0.717, 1.165) is 34.2 Å². The normalized spacial score (nSPS) is 10.7. The van der Waals surface area contributed by atoms with Crippen LogP contribution in [0.2, 0.25) is 0 Å². The highest BCUT2D eigenvalue weighted by molar-refractivity contribution is 5.67. The molecule has 0 aliphatic heterocycles. The molecular weight excluding hydrogens is 320 g/mol. The van der Waals surface area contributed by atoms with Gasteiger partial charge in [-0.25, -0.2) is 0 Å². The minimum absolute atomic E-state index is 0.835. The van der Waals surface area contributed by atoms with Gasteiger partial charge in [0.2, 0.25) is 0 Å². The smallest absolute Gasteiger partial charge is 0.168 e. The first kappa shape index (κ1) is 16.1. The molecule has 4 aromatic rings. The zero-order valence-electron chi connectivity index (χ0n) is 14.9. The molecule has 0 aliphatic rings. The average molecular weight is 340 g/mol. The van der Waals surface area contributed by atoms with Gasteiger partial charge in [-0.15, -0.1) is 10.2 Å². The first-order valence-electron chi connectivity index (χ1n) is 8.58. The summed E-state index contributed by atoms with van der Waals surface area (Å²) in [7, 11) is 4.08. The van der Waals surface area contributed by atoms with E-state index in [1.165, 1.54) is 0 Å². The second kappa shape index (κ2) is 6.84. The minimum Gasteiger partial charge on any atom is -0.378 e. The van der Waals surface area contributed by atoms with Crippen molar-refractivity contribution in [2.75, 3.05) is 19.0 Å². The van der Waals surface area contributed by atoms with Gasteiger partial charge in [-0.1, -0.05) is 60.7 Å². The Morgan fingerprint density at radius 1 is 0.615 bits per heavy atom. The standard InChI is InChI=1S/C22H20N4/c1-25(2)19-13-15-20(16-14-19)26-21(17-9-5-3-6-10-17)23-24-22(26)18-11-7-4-8-12-18/h3-16H,1-2H3. The van der Waals surface area contributed by atoms with Gasteiger partial charge < -0.3 is 4.90 Å². The van der Waals surface area contributed by atoms with Gasteiger partial charge >= 0.3 is 0 Å². The van der Waals surface area contributed by atoms with E-state index in [2.05, 4.69) is 68.2 Å². The summed E-state index contributed by atoms with van der Waals surface area (Å²) in [6.45, 7) is 0. The highest BCUT2D eigenvalue weighted by Crippen LogP contribution is 2.29. The summed E-state index contributed by atoms with van der Waals surface area (Å²) in [6, 6.07) is 28.8. The average Bonchev–Trinajstić information content (AvgIpc) is 3.14. The third-order valence-corrected chi connectivity index (χ3v) is 4.35. The van der Waals surface area contributed by atoms with Crippen molar-refractivity contribution in [3.05, 3.63) is 84.9 Å². The van der Waals surface area contributed by atoms with Crippen molar-refractivity contribution in [1.29, 1.82) is 0 Å². The molecule has 0 bridgehead atoms. The number of hydrogen-bond acceptors (Lipinski definition) is 3. The second-order valence-electron chi connectivity index (χ2n) is 6.33. The lowest BCUT2D eigenvalue weighted by molar-refractivity contribution is 1.06. The van der Waals surface area contributed by atoms with Crippen LogP contribution in [0.4, 0.5) is 5.69 Å². The molecule has 0 amide bonds. The molecule has 0 radical (unpaired) electrons. The summed E-state index contributed by atoms with van der Waals surface area (Å²) in [5, 5.41) is 9.00. The summed E-state index contributed by atoms with van der Waals surface area (Å²) in [5.74, 6) is 1.67. The molecule has 0 spiro atoms. The number of benzene rings is 3. The van der Waals surface area contributed by atoms with E-state index in [-0.39, 0.29) is 0 Å². The molecule has 26 heavy (non-hydrogen) atoms. The van der Waals surface area contributed by atoms with Gasteiger partial charge in [-0.05, 0) is 24.3 Å². The predicted octanol–water partition coefficient (Wildman–Crippen LogP) is 4.67. The van der Waals surface area contributed by atoms with E-state index in [0.29, 0.717) is 0 Å². The van der Waals surface area contributed by atoms with Crippen LogP contribution in [0.15, 0.2) is 84.9 Å². The molecule has 3 aromatic carbocycles. The SMILES string of the molecule is CN(C)c1ccc(-n2c(-c3ccccc3)nnc2-c2ccccc2)cc1. The molecule has 0 saturated carbocycles. The Bertz CT molecular complexity index is 931. The number of hydrogen-bond donors (Lipinski definition) is 0. The summed E-state index contributed by atoms with van der Waals surface area (Å²) >= 11 is 0. The topological polar surface area (TPSA) is 34.0 Å². The second-order valence-corrected chi connectivity index (χ2v) is 6.33. The van der Waals surface area contributed by atoms with Crippen molar-refractivity contribution in [3.63, 3.8) is 0 Å². The zero-order valence-corrected chi connectivity index (χ0v) is 14.9. The fourth-order valence-electron chi connectivity index (χ4n) is 2.98. The van der Waals surface area contributed by atoms with Crippen LogP contribution < -0.4 is 4.90 Å². The number of rotatable bonds is 4. The van der Waals surface area contributed by atoms with Crippen molar-refractivity contribution in [1.82, 2.24) is 14.8 Å². The molecule has 4 heteroatoms. The molecule has 0 N–H and O–H groups in total. The van der Waals surface area contributed by atoms with Crippen LogP contribution >= 0.6 is 0 Å². The van der Waals surface area contributed by atoms with Crippen LogP contribution in [0.25, 0.3) is 28.5 Å². The molecule has 1 heterocycles. The lowest BCUT2D eigenvalue weighted by Crippen LogP contribution is -2.08. The Balaban J connectivity index is 1.91. The van der Waals surface area contributed by atoms with E-state index in [4.69, 9.17) is 0 Å². The summed E-state index contributed by atoms with van der Waals surface area (Å²) in [5.41, 5.74) is 4.28. The fraction of sp³-hybridized carbons (Fsp3) is 0.0909. The largest absolute Gasteiger partial charge is 0.378 e. The molecule has 1 aromatic heterocycles. The molecular formula is C22H20N4. The molecule has 4 rings (SSSR count). The quantitative estimate of drug-likeness (QED) is 0.541. The van der Waals surface area contributed by atoms with Crippen molar-refractivity contribution < 1.29 is 0 Å². The van der Waals surface area contributed by atoms with Crippen LogP contribution in [0.3, 0.4) is 0 Å². The maximum atomic E-state index is 4.50. The van der Waals surface area contributed by atoms with E-state index in [9.17, 15) is 0 Å². The number of aromatic nitrogens is 3. The lowest BCUT2D eigenvalue weighted by Gasteiger charge is -2.15. The first-order valence-corrected chi connectivity index (χ1v) is 8.58. The maximum absolute atomic E-state index is 4.50. The molecule has 0 saturated heterocycles. The molecule has 4 nitrogen and oxygen atoms in total. The third-order valence-electron chi connectivity index (χ3n) is 4.35. The summed E-state index contributed by atoms with van der Waals surface area (Å²) in [6.07, 6.45) is 0. The Hall–Kier alpha value is -3.40. The fourth-order valence-corrected chi connectivity index (χ4v) is 2.98. The van der Waals surface area contributed by atoms with Crippen LogP contribution in [0.5, 0.6) is 0 Å². The van der Waals surface area contributed by atoms with E-state index in [1.807, 2.05) is 50.5 Å². The Labute approximate surface area is 153 Å². The van der Waals surface area contributed by atoms with Crippen molar-refractivity contribution >= 4 is 5.69 Å². The lowest BCUT2D eigenvalue weighted by atomic mass is 10.1. The van der Waals surface area contributed by atoms with Gasteiger partial charge in [0.25, 0.3) is 0 Å². The number of anilines is 1. The van der Waals surface area contributed by atoms with Gasteiger partial charge in [0, 0.05) is 36.6 Å². The van der Waals surface area contributed by atoms with E-state index < -0.39 is 0 Å². The van der Waals surface area contributed by atoms with E-state index >= 15 is 0 Å². The maximum Gasteiger partial charge on any atom is 0.168 e. The van der Waals surface area contributed by atoms with E-state index in [1.54, 1.807) is 0 Å². The molecule has 0 unspecified atom stereocenters. The molecule has 0 atom stereocenters. The highest BCUT2D eigenvalue weighted by atomic mass is 15.3. The van der Waals surface area contributed by atoms with Gasteiger partial charge in [0.15, 0.2) is 11.6 Å². The molecule has 0 fully saturated rings. The predicted molar refractivity (Wildman–Crippen MR) is 107 cm³/mol. The zero-order chi connectivity index (χ0) is 17.9. The molecule has 0 aliphatic carbocycles. The molecule has 128 valence electrons. The number of nitrogens with zero attached hydrogens (tertiary/aromatic N) is 4.